The molecule has 1 aromatic carbocycles. The number of amides is 1. The first kappa shape index (κ1) is 19.1. The Hall–Kier alpha value is -2.63. The van der Waals surface area contributed by atoms with Crippen molar-refractivity contribution in [1.82, 2.24) is 15.1 Å². The molecule has 0 N–H and O–H groups in total. The van der Waals surface area contributed by atoms with E-state index in [-0.39, 0.29) is 17.9 Å². The van der Waals surface area contributed by atoms with Crippen LogP contribution in [0.15, 0.2) is 42.5 Å². The molecule has 1 aliphatic rings. The number of carbonyl (C=O) groups excluding carboxylic acids is 1. The van der Waals surface area contributed by atoms with E-state index in [0.29, 0.717) is 12.4 Å². The van der Waals surface area contributed by atoms with Crippen LogP contribution in [0.4, 0.5) is 5.82 Å². The Morgan fingerprint density at radius 2 is 2.00 bits per heavy atom. The number of rotatable bonds is 6. The van der Waals surface area contributed by atoms with Gasteiger partial charge in [-0.1, -0.05) is 37.3 Å². The predicted molar refractivity (Wildman–Crippen MR) is 106 cm³/mol. The zero-order chi connectivity index (χ0) is 19.2. The maximum absolute atomic E-state index is 13.1. The lowest BCUT2D eigenvalue weighted by molar-refractivity contribution is -0.135. The van der Waals surface area contributed by atoms with Crippen LogP contribution in [0.3, 0.4) is 0 Å². The fourth-order valence-corrected chi connectivity index (χ4v) is 3.48. The van der Waals surface area contributed by atoms with Gasteiger partial charge in [-0.2, -0.15) is 0 Å². The Labute approximate surface area is 161 Å². The van der Waals surface area contributed by atoms with Crippen molar-refractivity contribution in [1.29, 1.82) is 0 Å². The molecule has 0 bridgehead atoms. The summed E-state index contributed by atoms with van der Waals surface area (Å²) >= 11 is 0. The molecule has 3 rings (SSSR count). The molecule has 1 amide bonds. The van der Waals surface area contributed by atoms with Gasteiger partial charge in [0.05, 0.1) is 12.5 Å². The molecule has 0 spiro atoms. The van der Waals surface area contributed by atoms with Gasteiger partial charge >= 0.3 is 0 Å². The van der Waals surface area contributed by atoms with Crippen molar-refractivity contribution >= 4 is 11.7 Å². The van der Waals surface area contributed by atoms with E-state index in [1.807, 2.05) is 66.4 Å². The maximum Gasteiger partial charge on any atom is 0.233 e. The second kappa shape index (κ2) is 8.84. The standard InChI is InChI=1S/C21H28N4O2/c1-4-18(16-9-6-5-7-10-16)21(26)25-14-8-11-17(15-25)27-20-13-12-19(22-23-20)24(2)3/h5-7,9-10,12-13,17-18H,4,8,11,14-15H2,1-3H3. The van der Waals surface area contributed by atoms with E-state index in [2.05, 4.69) is 17.1 Å². The zero-order valence-corrected chi connectivity index (χ0v) is 16.3. The van der Waals surface area contributed by atoms with Crippen molar-refractivity contribution in [2.75, 3.05) is 32.1 Å². The molecule has 0 aliphatic carbocycles. The van der Waals surface area contributed by atoms with Gasteiger partial charge in [0.1, 0.15) is 6.10 Å². The quantitative estimate of drug-likeness (QED) is 0.784. The van der Waals surface area contributed by atoms with Gasteiger partial charge in [0.25, 0.3) is 0 Å². The lowest BCUT2D eigenvalue weighted by Crippen LogP contribution is -2.46. The van der Waals surface area contributed by atoms with Crippen LogP contribution in [0.1, 0.15) is 37.7 Å². The number of aromatic nitrogens is 2. The monoisotopic (exact) mass is 368 g/mol. The minimum Gasteiger partial charge on any atom is -0.471 e. The van der Waals surface area contributed by atoms with Crippen LogP contribution in [0.5, 0.6) is 5.88 Å². The van der Waals surface area contributed by atoms with Crippen molar-refractivity contribution in [2.24, 2.45) is 0 Å². The van der Waals surface area contributed by atoms with Gasteiger partial charge in [-0.3, -0.25) is 4.79 Å². The molecule has 1 fully saturated rings. The molecule has 2 heterocycles. The van der Waals surface area contributed by atoms with Gasteiger partial charge in [0.15, 0.2) is 5.82 Å². The predicted octanol–water partition coefficient (Wildman–Crippen LogP) is 3.11. The van der Waals surface area contributed by atoms with Crippen molar-refractivity contribution in [3.8, 4) is 5.88 Å². The van der Waals surface area contributed by atoms with Crippen molar-refractivity contribution in [3.05, 3.63) is 48.0 Å². The summed E-state index contributed by atoms with van der Waals surface area (Å²) in [5, 5.41) is 8.29. The van der Waals surface area contributed by atoms with Gasteiger partial charge in [-0.05, 0) is 30.9 Å². The first-order valence-corrected chi connectivity index (χ1v) is 9.60. The molecule has 144 valence electrons. The van der Waals surface area contributed by atoms with Crippen LogP contribution in [0.2, 0.25) is 0 Å². The van der Waals surface area contributed by atoms with Crippen molar-refractivity contribution < 1.29 is 9.53 Å². The minimum atomic E-state index is -0.0934. The van der Waals surface area contributed by atoms with Crippen LogP contribution < -0.4 is 9.64 Å². The van der Waals surface area contributed by atoms with Crippen LogP contribution in [0.25, 0.3) is 0 Å². The van der Waals surface area contributed by atoms with E-state index < -0.39 is 0 Å². The molecule has 1 aliphatic heterocycles. The Balaban J connectivity index is 1.63. The third-order valence-corrected chi connectivity index (χ3v) is 4.97. The van der Waals surface area contributed by atoms with E-state index in [0.717, 1.165) is 37.2 Å². The van der Waals surface area contributed by atoms with E-state index in [4.69, 9.17) is 4.74 Å². The molecule has 6 nitrogen and oxygen atoms in total. The molecule has 2 atom stereocenters. The highest BCUT2D eigenvalue weighted by atomic mass is 16.5. The number of ether oxygens (including phenoxy) is 1. The fourth-order valence-electron chi connectivity index (χ4n) is 3.48. The Morgan fingerprint density at radius 3 is 2.63 bits per heavy atom. The topological polar surface area (TPSA) is 58.6 Å². The van der Waals surface area contributed by atoms with Gasteiger partial charge < -0.3 is 14.5 Å². The second-order valence-electron chi connectivity index (χ2n) is 7.16. The maximum atomic E-state index is 13.1. The zero-order valence-electron chi connectivity index (χ0n) is 16.3. The molecule has 2 aromatic rings. The van der Waals surface area contributed by atoms with Crippen LogP contribution >= 0.6 is 0 Å². The van der Waals surface area contributed by atoms with Crippen LogP contribution in [0, 0.1) is 0 Å². The molecular formula is C21H28N4O2. The Morgan fingerprint density at radius 1 is 1.22 bits per heavy atom. The largest absolute Gasteiger partial charge is 0.471 e. The summed E-state index contributed by atoms with van der Waals surface area (Å²) in [6, 6.07) is 13.7. The molecule has 1 aromatic heterocycles. The summed E-state index contributed by atoms with van der Waals surface area (Å²) in [4.78, 5) is 16.9. The number of likely N-dealkylation sites (tertiary alicyclic amines) is 1. The summed E-state index contributed by atoms with van der Waals surface area (Å²) < 4.78 is 6.00. The number of hydrogen-bond acceptors (Lipinski definition) is 5. The summed E-state index contributed by atoms with van der Waals surface area (Å²) in [5.41, 5.74) is 1.08. The highest BCUT2D eigenvalue weighted by Gasteiger charge is 2.30. The molecule has 1 saturated heterocycles. The average Bonchev–Trinajstić information content (AvgIpc) is 2.70. The average molecular weight is 368 g/mol. The lowest BCUT2D eigenvalue weighted by Gasteiger charge is -2.34. The SMILES string of the molecule is CCC(C(=O)N1CCCC(Oc2ccc(N(C)C)nn2)C1)c1ccccc1. The second-order valence-corrected chi connectivity index (χ2v) is 7.16. The number of carbonyl (C=O) groups is 1. The summed E-state index contributed by atoms with van der Waals surface area (Å²) in [6.45, 7) is 3.45. The number of anilines is 1. The van der Waals surface area contributed by atoms with E-state index in [9.17, 15) is 4.79 Å². The van der Waals surface area contributed by atoms with E-state index in [1.165, 1.54) is 0 Å². The smallest absolute Gasteiger partial charge is 0.233 e. The molecule has 0 radical (unpaired) electrons. The van der Waals surface area contributed by atoms with E-state index in [1.54, 1.807) is 0 Å². The highest BCUT2D eigenvalue weighted by Crippen LogP contribution is 2.25. The van der Waals surface area contributed by atoms with Gasteiger partial charge in [0.2, 0.25) is 11.8 Å². The summed E-state index contributed by atoms with van der Waals surface area (Å²) in [6.07, 6.45) is 2.60. The first-order chi connectivity index (χ1) is 13.1. The number of benzene rings is 1. The number of hydrogen-bond donors (Lipinski definition) is 0. The van der Waals surface area contributed by atoms with E-state index >= 15 is 0 Å². The van der Waals surface area contributed by atoms with Crippen LogP contribution in [-0.2, 0) is 4.79 Å². The van der Waals surface area contributed by atoms with Gasteiger partial charge in [-0.15, -0.1) is 10.2 Å². The third kappa shape index (κ3) is 4.76. The van der Waals surface area contributed by atoms with Crippen molar-refractivity contribution in [3.63, 3.8) is 0 Å². The Bertz CT molecular complexity index is 734. The van der Waals surface area contributed by atoms with Crippen LogP contribution in [-0.4, -0.2) is 54.3 Å². The lowest BCUT2D eigenvalue weighted by atomic mass is 9.94. The van der Waals surface area contributed by atoms with Gasteiger partial charge in [0, 0.05) is 26.7 Å². The van der Waals surface area contributed by atoms with Gasteiger partial charge in [-0.25, -0.2) is 0 Å². The Kier molecular flexibility index (Phi) is 6.27. The van der Waals surface area contributed by atoms with Crippen molar-refractivity contribution in [2.45, 2.75) is 38.2 Å². The molecule has 0 saturated carbocycles. The highest BCUT2D eigenvalue weighted by molar-refractivity contribution is 5.83. The first-order valence-electron chi connectivity index (χ1n) is 9.60. The summed E-state index contributed by atoms with van der Waals surface area (Å²) in [5.74, 6) is 1.39. The third-order valence-electron chi connectivity index (χ3n) is 4.97. The molecule has 6 heteroatoms. The molecule has 27 heavy (non-hydrogen) atoms. The number of nitrogens with zero attached hydrogens (tertiary/aromatic N) is 4. The number of piperidine rings is 1. The summed E-state index contributed by atoms with van der Waals surface area (Å²) in [7, 11) is 3.85. The normalized spacial score (nSPS) is 18.0. The molecule has 2 unspecified atom stereocenters. The fraction of sp³-hybridized carbons (Fsp3) is 0.476. The minimum absolute atomic E-state index is 0.0458. The molecular weight excluding hydrogens is 340 g/mol.